The number of phenols is 1. The van der Waals surface area contributed by atoms with Crippen molar-refractivity contribution in [1.82, 2.24) is 10.1 Å². The number of rotatable bonds is 2. The molecule has 2 heterocycles. The van der Waals surface area contributed by atoms with Crippen LogP contribution in [0.1, 0.15) is 11.9 Å². The lowest BCUT2D eigenvalue weighted by Crippen LogP contribution is -2.16. The Kier molecular flexibility index (Phi) is 3.39. The molecule has 0 bridgehead atoms. The van der Waals surface area contributed by atoms with Crippen LogP contribution in [0.25, 0.3) is 11.5 Å². The number of thioether (sulfide) groups is 1. The van der Waals surface area contributed by atoms with Gasteiger partial charge < -0.3 is 14.4 Å². The number of halogens is 1. The highest BCUT2D eigenvalue weighted by atomic mass is 32.2. The average Bonchev–Trinajstić information content (AvgIpc) is 2.89. The zero-order chi connectivity index (χ0) is 13.2. The summed E-state index contributed by atoms with van der Waals surface area (Å²) in [6.45, 7) is 0.646. The number of phenolic OH excluding ortho intramolecular Hbond substituents is 1. The number of nitrogens with zero attached hydrogens (tertiary/aromatic N) is 2. The Morgan fingerprint density at radius 3 is 3.05 bits per heavy atom. The molecule has 3 rings (SSSR count). The SMILES string of the molecule is Oc1ccc(-c2nc(C3CSCCO3)no2)c(F)c1. The predicted molar refractivity (Wildman–Crippen MR) is 67.4 cm³/mol. The molecule has 0 aliphatic carbocycles. The van der Waals surface area contributed by atoms with Crippen LogP contribution in [0.4, 0.5) is 4.39 Å². The third kappa shape index (κ3) is 2.57. The maximum Gasteiger partial charge on any atom is 0.261 e. The Labute approximate surface area is 112 Å². The summed E-state index contributed by atoms with van der Waals surface area (Å²) >= 11 is 1.75. The Balaban J connectivity index is 1.87. The molecule has 0 spiro atoms. The Morgan fingerprint density at radius 1 is 1.42 bits per heavy atom. The van der Waals surface area contributed by atoms with Gasteiger partial charge in [-0.15, -0.1) is 0 Å². The Hall–Kier alpha value is -1.60. The third-order valence-electron chi connectivity index (χ3n) is 2.73. The molecule has 1 unspecified atom stereocenters. The van der Waals surface area contributed by atoms with E-state index in [1.54, 1.807) is 11.8 Å². The first-order chi connectivity index (χ1) is 9.24. The van der Waals surface area contributed by atoms with Gasteiger partial charge in [-0.25, -0.2) is 4.39 Å². The van der Waals surface area contributed by atoms with Crippen LogP contribution in [0.15, 0.2) is 22.7 Å². The van der Waals surface area contributed by atoms with Gasteiger partial charge in [-0.3, -0.25) is 0 Å². The summed E-state index contributed by atoms with van der Waals surface area (Å²) in [5.74, 6) is 1.48. The smallest absolute Gasteiger partial charge is 0.261 e. The van der Waals surface area contributed by atoms with Crippen LogP contribution in [-0.4, -0.2) is 33.4 Å². The van der Waals surface area contributed by atoms with Gasteiger partial charge in [0.1, 0.15) is 17.7 Å². The number of benzene rings is 1. The van der Waals surface area contributed by atoms with Crippen molar-refractivity contribution in [2.24, 2.45) is 0 Å². The van der Waals surface area contributed by atoms with Crippen LogP contribution in [-0.2, 0) is 4.74 Å². The molecule has 1 N–H and O–H groups in total. The Morgan fingerprint density at radius 2 is 2.32 bits per heavy atom. The number of aromatic hydroxyl groups is 1. The second-order valence-corrected chi connectivity index (χ2v) is 5.21. The van der Waals surface area contributed by atoms with E-state index in [9.17, 15) is 4.39 Å². The second kappa shape index (κ2) is 5.18. The minimum absolute atomic E-state index is 0.0895. The van der Waals surface area contributed by atoms with Crippen molar-refractivity contribution in [3.8, 4) is 17.2 Å². The van der Waals surface area contributed by atoms with Gasteiger partial charge in [0.2, 0.25) is 5.82 Å². The van der Waals surface area contributed by atoms with Gasteiger partial charge in [0, 0.05) is 17.6 Å². The summed E-state index contributed by atoms with van der Waals surface area (Å²) in [7, 11) is 0. The summed E-state index contributed by atoms with van der Waals surface area (Å²) < 4.78 is 24.2. The Bertz CT molecular complexity index is 584. The fourth-order valence-corrected chi connectivity index (χ4v) is 2.63. The quantitative estimate of drug-likeness (QED) is 0.912. The van der Waals surface area contributed by atoms with Gasteiger partial charge in [-0.2, -0.15) is 16.7 Å². The fourth-order valence-electron chi connectivity index (χ4n) is 1.79. The maximum absolute atomic E-state index is 13.7. The third-order valence-corrected chi connectivity index (χ3v) is 3.72. The minimum atomic E-state index is -0.603. The summed E-state index contributed by atoms with van der Waals surface area (Å²) in [5, 5.41) is 13.0. The fraction of sp³-hybridized carbons (Fsp3) is 0.333. The van der Waals surface area contributed by atoms with Gasteiger partial charge in [-0.05, 0) is 12.1 Å². The molecule has 1 aliphatic rings. The van der Waals surface area contributed by atoms with Crippen molar-refractivity contribution in [2.45, 2.75) is 6.10 Å². The van der Waals surface area contributed by atoms with Gasteiger partial charge in [0.05, 0.1) is 12.2 Å². The molecule has 1 aromatic heterocycles. The first kappa shape index (κ1) is 12.4. The molecule has 19 heavy (non-hydrogen) atoms. The maximum atomic E-state index is 13.7. The number of hydrogen-bond donors (Lipinski definition) is 1. The molecule has 5 nitrogen and oxygen atoms in total. The highest BCUT2D eigenvalue weighted by Gasteiger charge is 2.23. The normalized spacial score (nSPS) is 19.5. The van der Waals surface area contributed by atoms with Crippen molar-refractivity contribution in [1.29, 1.82) is 0 Å². The molecule has 1 atom stereocenters. The first-order valence-corrected chi connectivity index (χ1v) is 6.91. The van der Waals surface area contributed by atoms with Gasteiger partial charge >= 0.3 is 0 Å². The van der Waals surface area contributed by atoms with E-state index in [1.165, 1.54) is 12.1 Å². The average molecular weight is 282 g/mol. The zero-order valence-electron chi connectivity index (χ0n) is 9.88. The van der Waals surface area contributed by atoms with Gasteiger partial charge in [0.25, 0.3) is 5.89 Å². The second-order valence-electron chi connectivity index (χ2n) is 4.06. The summed E-state index contributed by atoms with van der Waals surface area (Å²) in [6.07, 6.45) is -0.212. The summed E-state index contributed by atoms with van der Waals surface area (Å²) in [4.78, 5) is 4.16. The predicted octanol–water partition coefficient (Wildman–Crippen LogP) is 2.39. The van der Waals surface area contributed by atoms with Crippen molar-refractivity contribution >= 4 is 11.8 Å². The molecule has 2 aromatic rings. The van der Waals surface area contributed by atoms with E-state index < -0.39 is 5.82 Å². The highest BCUT2D eigenvalue weighted by Crippen LogP contribution is 2.28. The number of hydrogen-bond acceptors (Lipinski definition) is 6. The van der Waals surface area contributed by atoms with Crippen LogP contribution in [0.3, 0.4) is 0 Å². The molecule has 0 radical (unpaired) electrons. The largest absolute Gasteiger partial charge is 0.508 e. The molecular weight excluding hydrogens is 271 g/mol. The number of ether oxygens (including phenoxy) is 1. The van der Waals surface area contributed by atoms with E-state index in [0.29, 0.717) is 12.4 Å². The summed E-state index contributed by atoms with van der Waals surface area (Å²) in [5.41, 5.74) is 0.167. The van der Waals surface area contributed by atoms with E-state index in [4.69, 9.17) is 14.4 Å². The molecule has 7 heteroatoms. The molecule has 1 saturated heterocycles. The molecular formula is C12H11FN2O3S. The van der Waals surface area contributed by atoms with E-state index in [-0.39, 0.29) is 23.3 Å². The topological polar surface area (TPSA) is 68.4 Å². The molecule has 1 aliphatic heterocycles. The first-order valence-electron chi connectivity index (χ1n) is 5.76. The molecule has 100 valence electrons. The van der Waals surface area contributed by atoms with E-state index >= 15 is 0 Å². The summed E-state index contributed by atoms with van der Waals surface area (Å²) in [6, 6.07) is 3.78. The van der Waals surface area contributed by atoms with Gasteiger partial charge in [-0.1, -0.05) is 5.16 Å². The van der Waals surface area contributed by atoms with E-state index in [1.807, 2.05) is 0 Å². The molecule has 1 fully saturated rings. The molecule has 0 saturated carbocycles. The molecule has 1 aromatic carbocycles. The van der Waals surface area contributed by atoms with Crippen molar-refractivity contribution in [2.75, 3.05) is 18.1 Å². The van der Waals surface area contributed by atoms with Crippen LogP contribution < -0.4 is 0 Å². The lowest BCUT2D eigenvalue weighted by Gasteiger charge is -2.18. The highest BCUT2D eigenvalue weighted by molar-refractivity contribution is 7.99. The van der Waals surface area contributed by atoms with E-state index in [2.05, 4.69) is 10.1 Å². The van der Waals surface area contributed by atoms with Crippen molar-refractivity contribution in [3.63, 3.8) is 0 Å². The van der Waals surface area contributed by atoms with Gasteiger partial charge in [0.15, 0.2) is 0 Å². The van der Waals surface area contributed by atoms with Crippen LogP contribution in [0, 0.1) is 5.82 Å². The standard InChI is InChI=1S/C12H11FN2O3S/c13-9-5-7(16)1-2-8(9)12-14-11(15-18-12)10-6-19-4-3-17-10/h1-2,5,10,16H,3-4,6H2. The van der Waals surface area contributed by atoms with E-state index in [0.717, 1.165) is 17.6 Å². The lowest BCUT2D eigenvalue weighted by molar-refractivity contribution is 0.0677. The van der Waals surface area contributed by atoms with Crippen LogP contribution >= 0.6 is 11.8 Å². The minimum Gasteiger partial charge on any atom is -0.508 e. The monoisotopic (exact) mass is 282 g/mol. The molecule has 0 amide bonds. The van der Waals surface area contributed by atoms with Crippen LogP contribution in [0.2, 0.25) is 0 Å². The van der Waals surface area contributed by atoms with Crippen LogP contribution in [0.5, 0.6) is 5.75 Å². The zero-order valence-corrected chi connectivity index (χ0v) is 10.7. The lowest BCUT2D eigenvalue weighted by atomic mass is 10.2. The number of aromatic nitrogens is 2. The van der Waals surface area contributed by atoms with Crippen molar-refractivity contribution < 1.29 is 18.8 Å². The van der Waals surface area contributed by atoms with Crippen molar-refractivity contribution in [3.05, 3.63) is 29.8 Å².